The number of nitrogens with one attached hydrogen (secondary N) is 1. The molecule has 28 heavy (non-hydrogen) atoms. The maximum absolute atomic E-state index is 12.0. The Hall–Kier alpha value is -3.60. The van der Waals surface area contributed by atoms with E-state index in [4.69, 9.17) is 9.47 Å². The molecule has 0 atom stereocenters. The Bertz CT molecular complexity index is 922. The van der Waals surface area contributed by atoms with Gasteiger partial charge in [0.15, 0.2) is 0 Å². The first kappa shape index (κ1) is 19.2. The van der Waals surface area contributed by atoms with Crippen LogP contribution in [-0.2, 0) is 17.9 Å². The summed E-state index contributed by atoms with van der Waals surface area (Å²) in [5, 5.41) is 2.87. The van der Waals surface area contributed by atoms with Crippen LogP contribution in [0.1, 0.15) is 16.8 Å². The van der Waals surface area contributed by atoms with E-state index in [1.165, 1.54) is 6.08 Å². The largest absolute Gasteiger partial charge is 0.497 e. The van der Waals surface area contributed by atoms with Crippen molar-refractivity contribution in [1.29, 1.82) is 0 Å². The van der Waals surface area contributed by atoms with Crippen LogP contribution in [0.25, 0.3) is 6.08 Å². The zero-order valence-corrected chi connectivity index (χ0v) is 15.7. The lowest BCUT2D eigenvalue weighted by molar-refractivity contribution is -0.116. The molecule has 3 rings (SSSR count). The molecule has 0 saturated heterocycles. The molecule has 0 radical (unpaired) electrons. The quantitative estimate of drug-likeness (QED) is 0.606. The molecule has 0 fully saturated rings. The molecule has 1 aromatic heterocycles. The highest BCUT2D eigenvalue weighted by Crippen LogP contribution is 2.15. The van der Waals surface area contributed by atoms with Crippen molar-refractivity contribution < 1.29 is 14.3 Å². The van der Waals surface area contributed by atoms with Gasteiger partial charge in [-0.2, -0.15) is 0 Å². The first-order valence-electron chi connectivity index (χ1n) is 8.94. The van der Waals surface area contributed by atoms with Gasteiger partial charge in [-0.25, -0.2) is 0 Å². The van der Waals surface area contributed by atoms with Crippen LogP contribution < -0.4 is 14.8 Å². The second-order valence-corrected chi connectivity index (χ2v) is 6.08. The van der Waals surface area contributed by atoms with Gasteiger partial charge in [-0.05, 0) is 53.6 Å². The van der Waals surface area contributed by atoms with E-state index in [-0.39, 0.29) is 5.91 Å². The zero-order valence-electron chi connectivity index (χ0n) is 15.7. The summed E-state index contributed by atoms with van der Waals surface area (Å²) in [7, 11) is 1.62. The Morgan fingerprint density at radius 2 is 1.89 bits per heavy atom. The lowest BCUT2D eigenvalue weighted by Crippen LogP contribution is -2.20. The summed E-state index contributed by atoms with van der Waals surface area (Å²) in [4.78, 5) is 16.2. The molecule has 1 heterocycles. The van der Waals surface area contributed by atoms with Crippen LogP contribution in [0.4, 0.5) is 0 Å². The van der Waals surface area contributed by atoms with E-state index < -0.39 is 0 Å². The second kappa shape index (κ2) is 9.92. The van der Waals surface area contributed by atoms with Crippen LogP contribution in [0.15, 0.2) is 79.0 Å². The maximum Gasteiger partial charge on any atom is 0.244 e. The third-order valence-corrected chi connectivity index (χ3v) is 4.02. The number of carbonyl (C=O) groups is 1. The molecule has 5 nitrogen and oxygen atoms in total. The van der Waals surface area contributed by atoms with Crippen molar-refractivity contribution in [1.82, 2.24) is 10.3 Å². The SMILES string of the molecule is COc1cccc(C=CC(=O)NCc2ccc(OCc3ccccn3)cc2)c1. The predicted octanol–water partition coefficient (Wildman–Crippen LogP) is 4.00. The Labute approximate surface area is 164 Å². The summed E-state index contributed by atoms with van der Waals surface area (Å²) >= 11 is 0. The van der Waals surface area contributed by atoms with Gasteiger partial charge in [-0.15, -0.1) is 0 Å². The number of rotatable bonds is 8. The van der Waals surface area contributed by atoms with Gasteiger partial charge in [-0.1, -0.05) is 30.3 Å². The van der Waals surface area contributed by atoms with Gasteiger partial charge in [0.2, 0.25) is 5.91 Å². The monoisotopic (exact) mass is 374 g/mol. The maximum atomic E-state index is 12.0. The van der Waals surface area contributed by atoms with Crippen LogP contribution >= 0.6 is 0 Å². The summed E-state index contributed by atoms with van der Waals surface area (Å²) in [6.45, 7) is 0.869. The van der Waals surface area contributed by atoms with Gasteiger partial charge in [0.1, 0.15) is 18.1 Å². The number of carbonyl (C=O) groups excluding carboxylic acids is 1. The number of ether oxygens (including phenoxy) is 2. The van der Waals surface area contributed by atoms with Crippen molar-refractivity contribution in [3.05, 3.63) is 95.8 Å². The Morgan fingerprint density at radius 1 is 1.04 bits per heavy atom. The molecule has 0 bridgehead atoms. The fourth-order valence-corrected chi connectivity index (χ4v) is 2.51. The molecule has 142 valence electrons. The number of hydrogen-bond acceptors (Lipinski definition) is 4. The molecule has 1 amide bonds. The number of pyridine rings is 1. The molecule has 0 aliphatic rings. The third-order valence-electron chi connectivity index (χ3n) is 4.02. The summed E-state index contributed by atoms with van der Waals surface area (Å²) < 4.78 is 10.9. The zero-order chi connectivity index (χ0) is 19.6. The standard InChI is InChI=1S/C23H22N2O3/c1-27-22-7-4-5-18(15-22)10-13-23(26)25-16-19-8-11-21(12-9-19)28-17-20-6-2-3-14-24-20/h2-15H,16-17H2,1H3,(H,25,26). The highest BCUT2D eigenvalue weighted by molar-refractivity contribution is 5.91. The Kier molecular flexibility index (Phi) is 6.79. The average Bonchev–Trinajstić information content (AvgIpc) is 2.76. The van der Waals surface area contributed by atoms with Gasteiger partial charge in [-0.3, -0.25) is 9.78 Å². The lowest BCUT2D eigenvalue weighted by Gasteiger charge is -2.07. The second-order valence-electron chi connectivity index (χ2n) is 6.08. The first-order chi connectivity index (χ1) is 13.7. The van der Waals surface area contributed by atoms with Crippen molar-refractivity contribution in [2.75, 3.05) is 7.11 Å². The fraction of sp³-hybridized carbons (Fsp3) is 0.130. The number of aromatic nitrogens is 1. The number of nitrogens with zero attached hydrogens (tertiary/aromatic N) is 1. The van der Waals surface area contributed by atoms with E-state index in [0.717, 1.165) is 28.3 Å². The molecule has 0 unspecified atom stereocenters. The molecular formula is C23H22N2O3. The Balaban J connectivity index is 1.46. The van der Waals surface area contributed by atoms with Crippen molar-refractivity contribution in [3.8, 4) is 11.5 Å². The van der Waals surface area contributed by atoms with Crippen molar-refractivity contribution in [3.63, 3.8) is 0 Å². The van der Waals surface area contributed by atoms with Crippen LogP contribution in [-0.4, -0.2) is 18.0 Å². The molecule has 0 spiro atoms. The summed E-state index contributed by atoms with van der Waals surface area (Å²) in [6.07, 6.45) is 5.01. The van der Waals surface area contributed by atoms with E-state index in [1.807, 2.05) is 66.7 Å². The first-order valence-corrected chi connectivity index (χ1v) is 8.94. The topological polar surface area (TPSA) is 60.5 Å². The highest BCUT2D eigenvalue weighted by atomic mass is 16.5. The van der Waals surface area contributed by atoms with E-state index in [2.05, 4.69) is 10.3 Å². The van der Waals surface area contributed by atoms with Crippen LogP contribution in [0, 0.1) is 0 Å². The van der Waals surface area contributed by atoms with Gasteiger partial charge < -0.3 is 14.8 Å². The van der Waals surface area contributed by atoms with Crippen molar-refractivity contribution in [2.45, 2.75) is 13.2 Å². The van der Waals surface area contributed by atoms with Gasteiger partial charge in [0, 0.05) is 18.8 Å². The minimum absolute atomic E-state index is 0.154. The molecule has 0 saturated carbocycles. The van der Waals surface area contributed by atoms with E-state index in [9.17, 15) is 4.79 Å². The van der Waals surface area contributed by atoms with Gasteiger partial charge in [0.25, 0.3) is 0 Å². The third kappa shape index (κ3) is 5.99. The van der Waals surface area contributed by atoms with E-state index in [0.29, 0.717) is 13.2 Å². The van der Waals surface area contributed by atoms with Crippen molar-refractivity contribution in [2.24, 2.45) is 0 Å². The summed E-state index contributed by atoms with van der Waals surface area (Å²) in [6, 6.07) is 20.9. The smallest absolute Gasteiger partial charge is 0.244 e. The van der Waals surface area contributed by atoms with E-state index in [1.54, 1.807) is 19.4 Å². The minimum Gasteiger partial charge on any atom is -0.497 e. The fourth-order valence-electron chi connectivity index (χ4n) is 2.51. The van der Waals surface area contributed by atoms with Crippen LogP contribution in [0.2, 0.25) is 0 Å². The molecular weight excluding hydrogens is 352 g/mol. The molecule has 0 aliphatic heterocycles. The summed E-state index contributed by atoms with van der Waals surface area (Å²) in [5.41, 5.74) is 2.78. The normalized spacial score (nSPS) is 10.6. The molecule has 2 aromatic carbocycles. The molecule has 3 aromatic rings. The van der Waals surface area contributed by atoms with Gasteiger partial charge >= 0.3 is 0 Å². The predicted molar refractivity (Wildman–Crippen MR) is 109 cm³/mol. The summed E-state index contributed by atoms with van der Waals surface area (Å²) in [5.74, 6) is 1.37. The molecule has 5 heteroatoms. The average molecular weight is 374 g/mol. The molecule has 1 N–H and O–H groups in total. The minimum atomic E-state index is -0.154. The van der Waals surface area contributed by atoms with Crippen molar-refractivity contribution >= 4 is 12.0 Å². The Morgan fingerprint density at radius 3 is 2.64 bits per heavy atom. The lowest BCUT2D eigenvalue weighted by atomic mass is 10.2. The van der Waals surface area contributed by atoms with Crippen LogP contribution in [0.3, 0.4) is 0 Å². The number of benzene rings is 2. The number of methoxy groups -OCH3 is 1. The highest BCUT2D eigenvalue weighted by Gasteiger charge is 2.00. The number of hydrogen-bond donors (Lipinski definition) is 1. The van der Waals surface area contributed by atoms with E-state index >= 15 is 0 Å². The molecule has 0 aliphatic carbocycles. The van der Waals surface area contributed by atoms with Crippen LogP contribution in [0.5, 0.6) is 11.5 Å². The number of amides is 1. The van der Waals surface area contributed by atoms with Gasteiger partial charge in [0.05, 0.1) is 12.8 Å².